The van der Waals surface area contributed by atoms with Crippen LogP contribution >= 0.6 is 0 Å². The van der Waals surface area contributed by atoms with Gasteiger partial charge in [0, 0.05) is 32.1 Å². The van der Waals surface area contributed by atoms with Gasteiger partial charge in [-0.3, -0.25) is 19.5 Å². The van der Waals surface area contributed by atoms with Crippen LogP contribution in [0, 0.1) is 17.8 Å². The van der Waals surface area contributed by atoms with Gasteiger partial charge in [-0.15, -0.1) is 0 Å². The molecule has 5 N–H and O–H groups in total. The monoisotopic (exact) mass is 643 g/mol. The quantitative estimate of drug-likeness (QED) is 0.117. The number of amidine groups is 1. The van der Waals surface area contributed by atoms with Crippen LogP contribution in [0.5, 0.6) is 5.75 Å². The van der Waals surface area contributed by atoms with Crippen molar-refractivity contribution in [3.8, 4) is 5.75 Å². The van der Waals surface area contributed by atoms with Crippen molar-refractivity contribution in [3.63, 3.8) is 0 Å². The van der Waals surface area contributed by atoms with Gasteiger partial charge in [0.15, 0.2) is 0 Å². The van der Waals surface area contributed by atoms with Crippen LogP contribution in [-0.4, -0.2) is 65.9 Å². The van der Waals surface area contributed by atoms with Crippen LogP contribution in [0.25, 0.3) is 0 Å². The maximum atomic E-state index is 14.4. The zero-order valence-electron chi connectivity index (χ0n) is 29.2. The fourth-order valence-electron chi connectivity index (χ4n) is 8.32. The van der Waals surface area contributed by atoms with Crippen LogP contribution in [0.15, 0.2) is 53.5 Å². The molecule has 6 atom stereocenters. The van der Waals surface area contributed by atoms with E-state index in [1.54, 1.807) is 0 Å². The number of benzene rings is 2. The molecule has 0 radical (unpaired) electrons. The SMILES string of the molecule is CCCCC(N)=NCCCNC(=O)[C@H](CC(C)C)NC(=O)[C@]1(c2ccccc2)C[C@@H]1CN1CC[C@@]2(C)c3cc(O)ccc3C[C@@H]1[C@H]2C. The summed E-state index contributed by atoms with van der Waals surface area (Å²) in [6, 6.07) is 15.8. The van der Waals surface area contributed by atoms with Gasteiger partial charge in [-0.1, -0.05) is 77.4 Å². The molecule has 2 bridgehead atoms. The van der Waals surface area contributed by atoms with E-state index in [1.165, 1.54) is 11.1 Å². The number of nitrogens with zero attached hydrogens (tertiary/aromatic N) is 2. The number of carbonyl (C=O) groups excluding carboxylic acids is 2. The van der Waals surface area contributed by atoms with E-state index in [0.29, 0.717) is 49.5 Å². The number of unbranched alkanes of at least 4 members (excludes halogenated alkanes) is 1. The van der Waals surface area contributed by atoms with Gasteiger partial charge in [0.05, 0.1) is 11.3 Å². The molecule has 1 saturated carbocycles. The lowest BCUT2D eigenvalue weighted by Crippen LogP contribution is -2.58. The molecule has 1 saturated heterocycles. The van der Waals surface area contributed by atoms with E-state index < -0.39 is 11.5 Å². The van der Waals surface area contributed by atoms with Crippen molar-refractivity contribution < 1.29 is 14.7 Å². The number of phenolic OH excluding ortho intramolecular Hbond substituents is 1. The first-order chi connectivity index (χ1) is 22.5. The highest BCUT2D eigenvalue weighted by atomic mass is 16.3. The molecule has 2 fully saturated rings. The number of carbonyl (C=O) groups is 2. The molecule has 1 heterocycles. The molecule has 2 aromatic carbocycles. The number of aromatic hydroxyl groups is 1. The van der Waals surface area contributed by atoms with Crippen molar-refractivity contribution in [2.75, 3.05) is 26.2 Å². The number of phenols is 1. The molecule has 0 aromatic heterocycles. The number of hydrogen-bond donors (Lipinski definition) is 4. The third kappa shape index (κ3) is 7.53. The minimum absolute atomic E-state index is 0.0242. The molecule has 2 aliphatic carbocycles. The minimum Gasteiger partial charge on any atom is -0.508 e. The largest absolute Gasteiger partial charge is 0.508 e. The highest BCUT2D eigenvalue weighted by molar-refractivity contribution is 5.95. The summed E-state index contributed by atoms with van der Waals surface area (Å²) < 4.78 is 0. The van der Waals surface area contributed by atoms with Crippen molar-refractivity contribution in [1.82, 2.24) is 15.5 Å². The summed E-state index contributed by atoms with van der Waals surface area (Å²) in [5, 5.41) is 16.5. The molecule has 5 rings (SSSR count). The van der Waals surface area contributed by atoms with E-state index >= 15 is 0 Å². The lowest BCUT2D eigenvalue weighted by molar-refractivity contribution is -0.131. The van der Waals surface area contributed by atoms with E-state index in [9.17, 15) is 14.7 Å². The minimum atomic E-state index is -0.649. The lowest BCUT2D eigenvalue weighted by Gasteiger charge is -2.55. The third-order valence-electron chi connectivity index (χ3n) is 11.4. The Balaban J connectivity index is 1.27. The smallest absolute Gasteiger partial charge is 0.242 e. The molecule has 8 nitrogen and oxygen atoms in total. The summed E-state index contributed by atoms with van der Waals surface area (Å²) in [6.07, 6.45) is 6.96. The van der Waals surface area contributed by atoms with Gasteiger partial charge >= 0.3 is 0 Å². The zero-order chi connectivity index (χ0) is 33.8. The summed E-state index contributed by atoms with van der Waals surface area (Å²) in [4.78, 5) is 34.9. The van der Waals surface area contributed by atoms with Gasteiger partial charge in [-0.05, 0) is 97.1 Å². The van der Waals surface area contributed by atoms with Gasteiger partial charge in [-0.25, -0.2) is 0 Å². The van der Waals surface area contributed by atoms with Crippen LogP contribution in [0.2, 0.25) is 0 Å². The van der Waals surface area contributed by atoms with E-state index in [0.717, 1.165) is 57.2 Å². The van der Waals surface area contributed by atoms with Crippen molar-refractivity contribution in [2.24, 2.45) is 28.5 Å². The van der Waals surface area contributed by atoms with Crippen LogP contribution in [0.4, 0.5) is 0 Å². The van der Waals surface area contributed by atoms with E-state index in [4.69, 9.17) is 5.73 Å². The number of hydrogen-bond acceptors (Lipinski definition) is 5. The molecule has 47 heavy (non-hydrogen) atoms. The van der Waals surface area contributed by atoms with E-state index in [1.807, 2.05) is 30.3 Å². The van der Waals surface area contributed by atoms with Gasteiger partial charge < -0.3 is 21.5 Å². The highest BCUT2D eigenvalue weighted by Gasteiger charge is 2.62. The average molecular weight is 644 g/mol. The molecule has 2 amide bonds. The second-order valence-electron chi connectivity index (χ2n) is 15.1. The van der Waals surface area contributed by atoms with Crippen molar-refractivity contribution in [1.29, 1.82) is 0 Å². The Morgan fingerprint density at radius 1 is 1.15 bits per heavy atom. The number of likely N-dealkylation sites (tertiary alicyclic amines) is 1. The topological polar surface area (TPSA) is 120 Å². The maximum absolute atomic E-state index is 14.4. The predicted molar refractivity (Wildman–Crippen MR) is 190 cm³/mol. The van der Waals surface area contributed by atoms with Gasteiger partial charge in [-0.2, -0.15) is 0 Å². The first-order valence-electron chi connectivity index (χ1n) is 18.0. The number of piperidine rings is 1. The Labute approximate surface area is 282 Å². The summed E-state index contributed by atoms with van der Waals surface area (Å²) in [5.41, 5.74) is 9.02. The molecule has 0 unspecified atom stereocenters. The Hall–Kier alpha value is -3.39. The Morgan fingerprint density at radius 2 is 1.91 bits per heavy atom. The third-order valence-corrected chi connectivity index (χ3v) is 11.4. The summed E-state index contributed by atoms with van der Waals surface area (Å²) in [5.74, 6) is 1.69. The molecule has 256 valence electrons. The van der Waals surface area contributed by atoms with E-state index in [-0.39, 0.29) is 29.1 Å². The summed E-state index contributed by atoms with van der Waals surface area (Å²) >= 11 is 0. The Morgan fingerprint density at radius 3 is 2.64 bits per heavy atom. The number of rotatable bonds is 15. The number of aliphatic imine (C=N–C) groups is 1. The standard InChI is InChI=1S/C39H57N5O3/c1-6-7-14-35(40)41-18-11-19-42-36(46)33(21-26(2)3)43-37(47)39(29-12-9-8-10-13-29)24-30(39)25-44-20-17-38(5)27(4)34(44)22-28-15-16-31(45)23-32(28)38/h8-10,12-13,15-16,23,26-27,30,33-34,45H,6-7,11,14,17-22,24-25H2,1-5H3,(H2,40,41)(H,42,46)(H,43,47)/t27-,30-,33+,34-,38-,39+/m1/s1. The number of amides is 2. The van der Waals surface area contributed by atoms with Crippen LogP contribution in [-0.2, 0) is 26.8 Å². The molecule has 0 spiro atoms. The van der Waals surface area contributed by atoms with Crippen molar-refractivity contribution >= 4 is 17.6 Å². The predicted octanol–water partition coefficient (Wildman–Crippen LogP) is 5.46. The first-order valence-corrected chi connectivity index (χ1v) is 18.0. The molecule has 2 aromatic rings. The van der Waals surface area contributed by atoms with Crippen LogP contribution in [0.1, 0.15) is 96.3 Å². The normalized spacial score (nSPS) is 27.6. The molecular formula is C39H57N5O3. The Bertz CT molecular complexity index is 1430. The zero-order valence-corrected chi connectivity index (χ0v) is 29.2. The second-order valence-corrected chi connectivity index (χ2v) is 15.1. The van der Waals surface area contributed by atoms with Crippen molar-refractivity contribution in [3.05, 3.63) is 65.2 Å². The number of nitrogens with one attached hydrogen (secondary N) is 2. The number of nitrogens with two attached hydrogens (primary N) is 1. The van der Waals surface area contributed by atoms with Gasteiger partial charge in [0.1, 0.15) is 11.8 Å². The van der Waals surface area contributed by atoms with Crippen LogP contribution < -0.4 is 16.4 Å². The fraction of sp³-hybridized carbons (Fsp3) is 0.615. The molecule has 8 heteroatoms. The van der Waals surface area contributed by atoms with Gasteiger partial charge in [0.2, 0.25) is 11.8 Å². The molecule has 1 aliphatic heterocycles. The summed E-state index contributed by atoms with van der Waals surface area (Å²) in [6.45, 7) is 13.9. The maximum Gasteiger partial charge on any atom is 0.242 e. The van der Waals surface area contributed by atoms with Crippen LogP contribution in [0.3, 0.4) is 0 Å². The molecular weight excluding hydrogens is 586 g/mol. The molecule has 3 aliphatic rings. The first kappa shape index (κ1) is 34.9. The van der Waals surface area contributed by atoms with Gasteiger partial charge in [0.25, 0.3) is 0 Å². The van der Waals surface area contributed by atoms with E-state index in [2.05, 4.69) is 73.3 Å². The Kier molecular flexibility index (Phi) is 11.0. The number of fused-ring (bicyclic) bond motifs is 4. The van der Waals surface area contributed by atoms with Crippen molar-refractivity contribution in [2.45, 2.75) is 109 Å². The fourth-order valence-corrected chi connectivity index (χ4v) is 8.32. The second kappa shape index (κ2) is 14.8. The summed E-state index contributed by atoms with van der Waals surface area (Å²) in [7, 11) is 0. The lowest BCUT2D eigenvalue weighted by atomic mass is 9.59. The average Bonchev–Trinajstić information content (AvgIpc) is 3.78. The highest BCUT2D eigenvalue weighted by Crippen LogP contribution is 2.57.